The Bertz CT molecular complexity index is 242. The summed E-state index contributed by atoms with van der Waals surface area (Å²) in [6.45, 7) is 0.762. The second-order valence-corrected chi connectivity index (χ2v) is 3.24. The first kappa shape index (κ1) is 9.77. The zero-order chi connectivity index (χ0) is 8.81. The number of hydrogen-bond acceptors (Lipinski definition) is 4. The van der Waals surface area contributed by atoms with Gasteiger partial charge in [-0.05, 0) is 17.0 Å². The number of hydrogen-bond donors (Lipinski definition) is 2. The zero-order valence-corrected chi connectivity index (χ0v) is 8.49. The summed E-state index contributed by atoms with van der Waals surface area (Å²) in [6, 6.07) is 7.91. The van der Waals surface area contributed by atoms with E-state index in [0.717, 1.165) is 17.9 Å². The molecule has 0 aliphatic rings. The molecule has 1 N–H and O–H groups in total. The summed E-state index contributed by atoms with van der Waals surface area (Å²) in [5.41, 5.74) is 1.14. The van der Waals surface area contributed by atoms with Crippen molar-refractivity contribution in [2.45, 2.75) is 6.54 Å². The van der Waals surface area contributed by atoms with Gasteiger partial charge >= 0.3 is 0 Å². The van der Waals surface area contributed by atoms with E-state index in [9.17, 15) is 0 Å². The molecule has 0 bridgehead atoms. The van der Waals surface area contributed by atoms with Crippen LogP contribution in [0.15, 0.2) is 24.3 Å². The Hall–Kier alpha value is -0.320. The molecule has 0 amide bonds. The van der Waals surface area contributed by atoms with Gasteiger partial charge in [0.1, 0.15) is 5.75 Å². The lowest BCUT2D eigenvalue weighted by molar-refractivity contribution is 0.409. The minimum atomic E-state index is 0.762. The highest BCUT2D eigenvalue weighted by molar-refractivity contribution is 8.67. The van der Waals surface area contributed by atoms with Crippen LogP contribution in [0, 0.1) is 0 Å². The molecular formula is C8H11NOS2. The number of para-hydroxylation sites is 1. The van der Waals surface area contributed by atoms with E-state index >= 15 is 0 Å². The van der Waals surface area contributed by atoms with Crippen molar-refractivity contribution in [3.63, 3.8) is 0 Å². The van der Waals surface area contributed by atoms with Crippen LogP contribution >= 0.6 is 22.6 Å². The van der Waals surface area contributed by atoms with Gasteiger partial charge in [0.25, 0.3) is 0 Å². The standard InChI is InChI=1S/C8H11NOS2/c1-10-8-5-3-2-4-7(8)6-9-12-11/h2-5,9,11H,6H2,1H3. The number of methoxy groups -OCH3 is 1. The molecule has 1 aromatic carbocycles. The molecule has 4 heteroatoms. The van der Waals surface area contributed by atoms with Gasteiger partial charge in [-0.15, -0.1) is 0 Å². The molecule has 12 heavy (non-hydrogen) atoms. The summed E-state index contributed by atoms with van der Waals surface area (Å²) in [5.74, 6) is 0.910. The zero-order valence-electron chi connectivity index (χ0n) is 6.78. The molecule has 0 aliphatic carbocycles. The molecule has 66 valence electrons. The number of ether oxygens (including phenoxy) is 1. The van der Waals surface area contributed by atoms with E-state index in [1.165, 1.54) is 11.0 Å². The fraction of sp³-hybridized carbons (Fsp3) is 0.250. The van der Waals surface area contributed by atoms with E-state index in [2.05, 4.69) is 16.4 Å². The van der Waals surface area contributed by atoms with Crippen LogP contribution in [0.3, 0.4) is 0 Å². The van der Waals surface area contributed by atoms with Crippen LogP contribution in [0.5, 0.6) is 5.75 Å². The van der Waals surface area contributed by atoms with Crippen molar-refractivity contribution in [1.29, 1.82) is 0 Å². The molecule has 0 aromatic heterocycles. The van der Waals surface area contributed by atoms with Crippen molar-refractivity contribution < 1.29 is 4.74 Å². The van der Waals surface area contributed by atoms with Crippen LogP contribution in [-0.4, -0.2) is 7.11 Å². The third-order valence-corrected chi connectivity index (χ3v) is 2.18. The van der Waals surface area contributed by atoms with Gasteiger partial charge in [-0.1, -0.05) is 29.9 Å². The van der Waals surface area contributed by atoms with Crippen LogP contribution in [0.2, 0.25) is 0 Å². The van der Waals surface area contributed by atoms with Gasteiger partial charge in [-0.2, -0.15) is 0 Å². The van der Waals surface area contributed by atoms with Crippen molar-refractivity contribution in [2.75, 3.05) is 7.11 Å². The van der Waals surface area contributed by atoms with Crippen molar-refractivity contribution in [2.24, 2.45) is 0 Å². The van der Waals surface area contributed by atoms with Crippen LogP contribution in [0.4, 0.5) is 0 Å². The highest BCUT2D eigenvalue weighted by atomic mass is 33.1. The molecule has 1 aromatic rings. The molecule has 0 radical (unpaired) electrons. The Morgan fingerprint density at radius 3 is 2.92 bits per heavy atom. The lowest BCUT2D eigenvalue weighted by Crippen LogP contribution is -2.02. The number of thiol groups is 1. The van der Waals surface area contributed by atoms with Crippen molar-refractivity contribution in [3.05, 3.63) is 29.8 Å². The first-order chi connectivity index (χ1) is 5.88. The van der Waals surface area contributed by atoms with E-state index < -0.39 is 0 Å². The maximum atomic E-state index is 5.17. The Balaban J connectivity index is 2.68. The molecule has 0 unspecified atom stereocenters. The molecular weight excluding hydrogens is 190 g/mol. The van der Waals surface area contributed by atoms with Gasteiger partial charge in [0, 0.05) is 12.1 Å². The highest BCUT2D eigenvalue weighted by Gasteiger charge is 1.98. The van der Waals surface area contributed by atoms with Gasteiger partial charge in [0.15, 0.2) is 0 Å². The number of benzene rings is 1. The van der Waals surface area contributed by atoms with Crippen LogP contribution in [-0.2, 0) is 6.54 Å². The summed E-state index contributed by atoms with van der Waals surface area (Å²) in [7, 11) is 2.98. The SMILES string of the molecule is COc1ccccc1CNSS. The second-order valence-electron chi connectivity index (χ2n) is 2.22. The summed E-state index contributed by atoms with van der Waals surface area (Å²) in [4.78, 5) is 0. The first-order valence-electron chi connectivity index (χ1n) is 3.53. The molecule has 0 saturated heterocycles. The van der Waals surface area contributed by atoms with Crippen LogP contribution < -0.4 is 9.46 Å². The van der Waals surface area contributed by atoms with Crippen molar-refractivity contribution in [1.82, 2.24) is 4.72 Å². The third-order valence-electron chi connectivity index (χ3n) is 1.52. The minimum Gasteiger partial charge on any atom is -0.496 e. The van der Waals surface area contributed by atoms with Gasteiger partial charge in [0.2, 0.25) is 0 Å². The Labute approximate surface area is 81.6 Å². The van der Waals surface area contributed by atoms with Gasteiger partial charge in [0.05, 0.1) is 7.11 Å². The monoisotopic (exact) mass is 201 g/mol. The quantitative estimate of drug-likeness (QED) is 0.443. The molecule has 0 saturated carbocycles. The molecule has 2 nitrogen and oxygen atoms in total. The average molecular weight is 201 g/mol. The Morgan fingerprint density at radius 2 is 2.25 bits per heavy atom. The first-order valence-corrected chi connectivity index (χ1v) is 5.40. The van der Waals surface area contributed by atoms with E-state index in [1.807, 2.05) is 24.3 Å². The van der Waals surface area contributed by atoms with E-state index in [0.29, 0.717) is 0 Å². The third kappa shape index (κ3) is 2.62. The summed E-state index contributed by atoms with van der Waals surface area (Å²) < 4.78 is 8.21. The van der Waals surface area contributed by atoms with Crippen LogP contribution in [0.1, 0.15) is 5.56 Å². The molecule has 0 heterocycles. The van der Waals surface area contributed by atoms with Crippen molar-refractivity contribution in [3.8, 4) is 5.75 Å². The van der Waals surface area contributed by atoms with Gasteiger partial charge < -0.3 is 4.74 Å². The molecule has 0 fully saturated rings. The second kappa shape index (κ2) is 5.35. The largest absolute Gasteiger partial charge is 0.496 e. The molecule has 1 rings (SSSR count). The Kier molecular flexibility index (Phi) is 4.35. The van der Waals surface area contributed by atoms with Crippen LogP contribution in [0.25, 0.3) is 0 Å². The maximum Gasteiger partial charge on any atom is 0.123 e. The predicted molar refractivity (Wildman–Crippen MR) is 56.4 cm³/mol. The van der Waals surface area contributed by atoms with Gasteiger partial charge in [-0.3, -0.25) is 4.72 Å². The predicted octanol–water partition coefficient (Wildman–Crippen LogP) is 2.28. The molecule has 0 atom stereocenters. The summed E-state index contributed by atoms with van der Waals surface area (Å²) in [5, 5.41) is 0. The van der Waals surface area contributed by atoms with E-state index in [-0.39, 0.29) is 0 Å². The topological polar surface area (TPSA) is 21.3 Å². The van der Waals surface area contributed by atoms with Gasteiger partial charge in [-0.25, -0.2) is 0 Å². The summed E-state index contributed by atoms with van der Waals surface area (Å²) >= 11 is 3.98. The summed E-state index contributed by atoms with van der Waals surface area (Å²) in [6.07, 6.45) is 0. The number of nitrogens with one attached hydrogen (secondary N) is 1. The van der Waals surface area contributed by atoms with E-state index in [4.69, 9.17) is 4.74 Å². The lowest BCUT2D eigenvalue weighted by atomic mass is 10.2. The lowest BCUT2D eigenvalue weighted by Gasteiger charge is -2.06. The highest BCUT2D eigenvalue weighted by Crippen LogP contribution is 2.17. The Morgan fingerprint density at radius 1 is 1.50 bits per heavy atom. The normalized spacial score (nSPS) is 9.83. The fourth-order valence-electron chi connectivity index (χ4n) is 0.959. The number of rotatable bonds is 4. The fourth-order valence-corrected chi connectivity index (χ4v) is 1.37. The maximum absolute atomic E-state index is 5.17. The smallest absolute Gasteiger partial charge is 0.123 e. The van der Waals surface area contributed by atoms with Crippen molar-refractivity contribution >= 4 is 22.6 Å². The van der Waals surface area contributed by atoms with E-state index in [1.54, 1.807) is 7.11 Å². The molecule has 0 spiro atoms. The molecule has 0 aliphatic heterocycles. The minimum absolute atomic E-state index is 0.762. The average Bonchev–Trinajstić information content (AvgIpc) is 2.15.